The summed E-state index contributed by atoms with van der Waals surface area (Å²) in [5.41, 5.74) is 0.705. The highest BCUT2D eigenvalue weighted by atomic mass is 35.5. The van der Waals surface area contributed by atoms with E-state index in [1.165, 1.54) is 0 Å². The Morgan fingerprint density at radius 3 is 2.83 bits per heavy atom. The lowest BCUT2D eigenvalue weighted by molar-refractivity contribution is 0.0552. The maximum atomic E-state index is 12.5. The van der Waals surface area contributed by atoms with E-state index < -0.39 is 6.10 Å². The van der Waals surface area contributed by atoms with Crippen LogP contribution in [0.15, 0.2) is 36.7 Å². The average Bonchev–Trinajstić information content (AvgIpc) is 3.02. The molecule has 2 aromatic rings. The molecule has 0 radical (unpaired) electrons. The number of aryl methyl sites for hydroxylation is 1. The lowest BCUT2D eigenvalue weighted by Gasteiger charge is -2.34. The second-order valence-corrected chi connectivity index (χ2v) is 6.56. The van der Waals surface area contributed by atoms with Crippen LogP contribution in [0.2, 0.25) is 5.02 Å². The number of nitrogens with one attached hydrogen (secondary N) is 1. The van der Waals surface area contributed by atoms with Crippen molar-refractivity contribution in [3.63, 3.8) is 0 Å². The molecule has 1 aromatic heterocycles. The molecule has 0 aliphatic carbocycles. The van der Waals surface area contributed by atoms with E-state index in [-0.39, 0.29) is 11.9 Å². The standard InChI is InChI=1S/C17H21ClN4O2/c1-21-10-8-19-16(21)15(23)12-3-2-9-22(11-12)17(24)20-14-6-4-13(18)5-7-14/h4-8,10,12,15,23H,2-3,9,11H2,1H3,(H,20,24). The maximum absolute atomic E-state index is 12.5. The Morgan fingerprint density at radius 2 is 2.17 bits per heavy atom. The van der Waals surface area contributed by atoms with Crippen molar-refractivity contribution in [3.05, 3.63) is 47.5 Å². The highest BCUT2D eigenvalue weighted by Crippen LogP contribution is 2.29. The Morgan fingerprint density at radius 1 is 1.42 bits per heavy atom. The number of anilines is 1. The van der Waals surface area contributed by atoms with Crippen LogP contribution in [0.5, 0.6) is 0 Å². The molecule has 1 aliphatic heterocycles. The number of aliphatic hydroxyl groups excluding tert-OH is 1. The zero-order valence-corrected chi connectivity index (χ0v) is 14.3. The van der Waals surface area contributed by atoms with E-state index in [2.05, 4.69) is 10.3 Å². The Kier molecular flexibility index (Phi) is 5.06. The first-order valence-corrected chi connectivity index (χ1v) is 8.39. The first kappa shape index (κ1) is 16.8. The number of piperidine rings is 1. The summed E-state index contributed by atoms with van der Waals surface area (Å²) in [5.74, 6) is 0.621. The van der Waals surface area contributed by atoms with Crippen LogP contribution in [0.4, 0.5) is 10.5 Å². The largest absolute Gasteiger partial charge is 0.385 e. The van der Waals surface area contributed by atoms with Gasteiger partial charge in [-0.05, 0) is 37.1 Å². The molecule has 1 aliphatic rings. The van der Waals surface area contributed by atoms with Gasteiger partial charge in [0, 0.05) is 49.2 Å². The molecule has 1 fully saturated rings. The van der Waals surface area contributed by atoms with E-state index >= 15 is 0 Å². The van der Waals surface area contributed by atoms with Crippen LogP contribution >= 0.6 is 11.6 Å². The SMILES string of the molecule is Cn1ccnc1C(O)C1CCCN(C(=O)Nc2ccc(Cl)cc2)C1. The molecule has 2 N–H and O–H groups in total. The second-order valence-electron chi connectivity index (χ2n) is 6.13. The van der Waals surface area contributed by atoms with Crippen molar-refractivity contribution in [2.45, 2.75) is 18.9 Å². The molecule has 0 bridgehead atoms. The number of urea groups is 1. The van der Waals surface area contributed by atoms with Gasteiger partial charge in [0.05, 0.1) is 0 Å². The van der Waals surface area contributed by atoms with Gasteiger partial charge in [-0.3, -0.25) is 0 Å². The summed E-state index contributed by atoms with van der Waals surface area (Å²) in [7, 11) is 1.86. The van der Waals surface area contributed by atoms with Crippen LogP contribution < -0.4 is 5.32 Å². The summed E-state index contributed by atoms with van der Waals surface area (Å²) in [6, 6.07) is 6.85. The molecule has 2 atom stereocenters. The quantitative estimate of drug-likeness (QED) is 0.895. The summed E-state index contributed by atoms with van der Waals surface area (Å²) >= 11 is 5.85. The lowest BCUT2D eigenvalue weighted by atomic mass is 9.92. The molecular formula is C17H21ClN4O2. The Bertz CT molecular complexity index is 701. The number of halogens is 1. The van der Waals surface area contributed by atoms with E-state index in [0.717, 1.165) is 12.8 Å². The van der Waals surface area contributed by atoms with Gasteiger partial charge in [0.2, 0.25) is 0 Å². The molecule has 1 saturated heterocycles. The number of aliphatic hydroxyl groups is 1. The van der Waals surface area contributed by atoms with Crippen LogP contribution in [0.1, 0.15) is 24.8 Å². The summed E-state index contributed by atoms with van der Waals surface area (Å²) in [5, 5.41) is 14.1. The number of imidazole rings is 1. The van der Waals surface area contributed by atoms with Gasteiger partial charge in [-0.1, -0.05) is 11.6 Å². The fraction of sp³-hybridized carbons (Fsp3) is 0.412. The van der Waals surface area contributed by atoms with Gasteiger partial charge in [0.15, 0.2) is 0 Å². The number of hydrogen-bond donors (Lipinski definition) is 2. The third-order valence-corrected chi connectivity index (χ3v) is 4.66. The Balaban J connectivity index is 1.63. The zero-order valence-electron chi connectivity index (χ0n) is 13.5. The smallest absolute Gasteiger partial charge is 0.321 e. The number of nitrogens with zero attached hydrogens (tertiary/aromatic N) is 3. The molecule has 3 rings (SSSR count). The normalized spacial score (nSPS) is 19.1. The Labute approximate surface area is 146 Å². The number of benzene rings is 1. The topological polar surface area (TPSA) is 70.4 Å². The summed E-state index contributed by atoms with van der Waals surface area (Å²) in [6.45, 7) is 1.19. The minimum absolute atomic E-state index is 0.0178. The third kappa shape index (κ3) is 3.71. The lowest BCUT2D eigenvalue weighted by Crippen LogP contribution is -2.44. The van der Waals surface area contributed by atoms with Crippen LogP contribution in [0.3, 0.4) is 0 Å². The number of carbonyl (C=O) groups is 1. The van der Waals surface area contributed by atoms with Gasteiger partial charge < -0.3 is 19.9 Å². The van der Waals surface area contributed by atoms with Crippen LogP contribution in [-0.4, -0.2) is 38.7 Å². The fourth-order valence-corrected chi connectivity index (χ4v) is 3.19. The third-order valence-electron chi connectivity index (χ3n) is 4.41. The van der Waals surface area contributed by atoms with Crippen molar-refractivity contribution in [3.8, 4) is 0 Å². The van der Waals surface area contributed by atoms with Gasteiger partial charge in [0.1, 0.15) is 11.9 Å². The minimum atomic E-state index is -0.670. The maximum Gasteiger partial charge on any atom is 0.321 e. The average molecular weight is 349 g/mol. The van der Waals surface area contributed by atoms with Gasteiger partial charge in [-0.15, -0.1) is 0 Å². The number of aromatic nitrogens is 2. The van der Waals surface area contributed by atoms with Crippen LogP contribution in [0.25, 0.3) is 0 Å². The van der Waals surface area contributed by atoms with E-state index in [1.54, 1.807) is 35.4 Å². The van der Waals surface area contributed by atoms with E-state index in [0.29, 0.717) is 29.6 Å². The number of rotatable bonds is 3. The summed E-state index contributed by atoms with van der Waals surface area (Å²) in [6.07, 6.45) is 4.55. The van der Waals surface area contributed by atoms with Gasteiger partial charge in [0.25, 0.3) is 0 Å². The summed E-state index contributed by atoms with van der Waals surface area (Å²) < 4.78 is 1.82. The van der Waals surface area contributed by atoms with Crippen molar-refractivity contribution in [1.82, 2.24) is 14.5 Å². The molecule has 6 nitrogen and oxygen atoms in total. The second kappa shape index (κ2) is 7.23. The molecule has 1 aromatic carbocycles. The van der Waals surface area contributed by atoms with Gasteiger partial charge in [-0.25, -0.2) is 9.78 Å². The molecule has 0 spiro atoms. The first-order valence-electron chi connectivity index (χ1n) is 8.01. The molecule has 2 amide bonds. The zero-order chi connectivity index (χ0) is 17.1. The fourth-order valence-electron chi connectivity index (χ4n) is 3.06. The van der Waals surface area contributed by atoms with Crippen molar-refractivity contribution in [2.24, 2.45) is 13.0 Å². The molecule has 7 heteroatoms. The van der Waals surface area contributed by atoms with Crippen LogP contribution in [-0.2, 0) is 7.05 Å². The Hall–Kier alpha value is -2.05. The first-order chi connectivity index (χ1) is 11.5. The van der Waals surface area contributed by atoms with Gasteiger partial charge >= 0.3 is 6.03 Å². The van der Waals surface area contributed by atoms with Crippen molar-refractivity contribution >= 4 is 23.3 Å². The minimum Gasteiger partial charge on any atom is -0.385 e. The number of amides is 2. The van der Waals surface area contributed by atoms with Crippen molar-refractivity contribution in [2.75, 3.05) is 18.4 Å². The molecule has 128 valence electrons. The number of likely N-dealkylation sites (tertiary alicyclic amines) is 1. The predicted octanol–water partition coefficient (Wildman–Crippen LogP) is 3.05. The molecule has 2 heterocycles. The monoisotopic (exact) mass is 348 g/mol. The highest BCUT2D eigenvalue weighted by molar-refractivity contribution is 6.30. The summed E-state index contributed by atoms with van der Waals surface area (Å²) in [4.78, 5) is 18.4. The van der Waals surface area contributed by atoms with E-state index in [4.69, 9.17) is 11.6 Å². The van der Waals surface area contributed by atoms with E-state index in [9.17, 15) is 9.90 Å². The number of carbonyl (C=O) groups excluding carboxylic acids is 1. The predicted molar refractivity (Wildman–Crippen MR) is 92.9 cm³/mol. The van der Waals surface area contributed by atoms with E-state index in [1.807, 2.05) is 17.8 Å². The molecule has 0 saturated carbocycles. The van der Waals surface area contributed by atoms with Gasteiger partial charge in [-0.2, -0.15) is 0 Å². The van der Waals surface area contributed by atoms with Crippen molar-refractivity contribution < 1.29 is 9.90 Å². The molecular weight excluding hydrogens is 328 g/mol. The highest BCUT2D eigenvalue weighted by Gasteiger charge is 2.31. The van der Waals surface area contributed by atoms with Crippen LogP contribution in [0, 0.1) is 5.92 Å². The number of hydrogen-bond acceptors (Lipinski definition) is 3. The van der Waals surface area contributed by atoms with Crippen molar-refractivity contribution in [1.29, 1.82) is 0 Å². The molecule has 2 unspecified atom stereocenters. The molecule has 24 heavy (non-hydrogen) atoms.